The summed E-state index contributed by atoms with van der Waals surface area (Å²) in [6.45, 7) is 12.1. The fourth-order valence-electron chi connectivity index (χ4n) is 2.46. The number of allylic oxidation sites excluding steroid dienone is 1. The van der Waals surface area contributed by atoms with Gasteiger partial charge in [0.15, 0.2) is 0 Å². The van der Waals surface area contributed by atoms with E-state index in [-0.39, 0.29) is 37.7 Å². The molecule has 0 saturated carbocycles. The number of ether oxygens (including phenoxy) is 2. The molecule has 1 rings (SSSR count). The molecular formula is C21H39NO7. The zero-order valence-electron chi connectivity index (χ0n) is 18.8. The van der Waals surface area contributed by atoms with E-state index in [1.165, 1.54) is 0 Å². The predicted molar refractivity (Wildman–Crippen MR) is 112 cm³/mol. The second kappa shape index (κ2) is 18.1. The minimum atomic E-state index is -1.14. The number of hydrogen-bond donors (Lipinski definition) is 1. The summed E-state index contributed by atoms with van der Waals surface area (Å²) in [5, 5.41) is 19.8. The molecule has 1 aliphatic carbocycles. The minimum Gasteiger partial charge on any atom is -0.465 e. The quantitative estimate of drug-likeness (QED) is 0.260. The Bertz CT molecular complexity index is 501. The lowest BCUT2D eigenvalue weighted by molar-refractivity contribution is -0.529. The van der Waals surface area contributed by atoms with E-state index in [1.807, 2.05) is 34.6 Å². The van der Waals surface area contributed by atoms with Crippen molar-refractivity contribution in [3.8, 4) is 0 Å². The average molecular weight is 418 g/mol. The molecule has 1 N–H and O–H groups in total. The van der Waals surface area contributed by atoms with E-state index in [9.17, 15) is 19.7 Å². The summed E-state index contributed by atoms with van der Waals surface area (Å²) < 4.78 is 9.90. The van der Waals surface area contributed by atoms with Gasteiger partial charge in [-0.2, -0.15) is 0 Å². The SMILES string of the molecule is CC.CCC(O)CC.CCCCOC(=O)C1CC=C(C(=O)OCC)CC1[N+](=O)[O-]. The van der Waals surface area contributed by atoms with Gasteiger partial charge < -0.3 is 14.6 Å². The Kier molecular flexibility index (Phi) is 18.2. The average Bonchev–Trinajstić information content (AvgIpc) is 2.74. The Morgan fingerprint density at radius 2 is 1.79 bits per heavy atom. The predicted octanol–water partition coefficient (Wildman–Crippen LogP) is 4.07. The molecule has 0 fully saturated rings. The number of nitrogens with zero attached hydrogens (tertiary/aromatic N) is 1. The zero-order valence-corrected chi connectivity index (χ0v) is 18.8. The number of carbonyl (C=O) groups is 2. The van der Waals surface area contributed by atoms with Crippen molar-refractivity contribution in [2.24, 2.45) is 5.92 Å². The first-order valence-electron chi connectivity index (χ1n) is 10.7. The Hall–Kier alpha value is -1.96. The second-order valence-corrected chi connectivity index (χ2v) is 6.34. The molecule has 0 aromatic carbocycles. The molecule has 29 heavy (non-hydrogen) atoms. The van der Waals surface area contributed by atoms with Gasteiger partial charge in [0.2, 0.25) is 6.04 Å². The van der Waals surface area contributed by atoms with Crippen LogP contribution in [0.25, 0.3) is 0 Å². The lowest BCUT2D eigenvalue weighted by atomic mass is 9.85. The van der Waals surface area contributed by atoms with Crippen LogP contribution >= 0.6 is 0 Å². The summed E-state index contributed by atoms with van der Waals surface area (Å²) in [6.07, 6.45) is 4.89. The third-order valence-electron chi connectivity index (χ3n) is 4.31. The van der Waals surface area contributed by atoms with Gasteiger partial charge >= 0.3 is 11.9 Å². The van der Waals surface area contributed by atoms with Gasteiger partial charge in [-0.15, -0.1) is 0 Å². The summed E-state index contributed by atoms with van der Waals surface area (Å²) in [4.78, 5) is 34.2. The third-order valence-corrected chi connectivity index (χ3v) is 4.31. The number of carbonyl (C=O) groups excluding carboxylic acids is 2. The maximum atomic E-state index is 11.9. The molecule has 0 aliphatic heterocycles. The summed E-state index contributed by atoms with van der Waals surface area (Å²) in [5.74, 6) is -1.96. The normalized spacial score (nSPS) is 17.7. The van der Waals surface area contributed by atoms with Crippen molar-refractivity contribution in [3.05, 3.63) is 21.8 Å². The van der Waals surface area contributed by atoms with Gasteiger partial charge in [-0.3, -0.25) is 14.9 Å². The largest absolute Gasteiger partial charge is 0.465 e. The van der Waals surface area contributed by atoms with E-state index >= 15 is 0 Å². The topological polar surface area (TPSA) is 116 Å². The molecule has 0 aromatic heterocycles. The molecule has 0 saturated heterocycles. The van der Waals surface area contributed by atoms with Crippen LogP contribution in [0.15, 0.2) is 11.6 Å². The third kappa shape index (κ3) is 12.3. The van der Waals surface area contributed by atoms with Gasteiger partial charge in [-0.1, -0.05) is 47.1 Å². The van der Waals surface area contributed by atoms with Gasteiger partial charge in [-0.05, 0) is 32.6 Å². The first kappa shape index (κ1) is 29.2. The van der Waals surface area contributed by atoms with E-state index in [0.29, 0.717) is 0 Å². The van der Waals surface area contributed by atoms with Crippen LogP contribution in [-0.2, 0) is 19.1 Å². The van der Waals surface area contributed by atoms with Crippen LogP contribution in [0.5, 0.6) is 0 Å². The van der Waals surface area contributed by atoms with E-state index in [0.717, 1.165) is 25.7 Å². The number of aliphatic hydroxyl groups is 1. The highest BCUT2D eigenvalue weighted by atomic mass is 16.6. The molecule has 1 aliphatic rings. The van der Waals surface area contributed by atoms with Crippen LogP contribution in [0.1, 0.15) is 80.1 Å². The molecule has 2 unspecified atom stereocenters. The second-order valence-electron chi connectivity index (χ2n) is 6.34. The molecule has 0 spiro atoms. The smallest absolute Gasteiger partial charge is 0.333 e. The Morgan fingerprint density at radius 3 is 2.21 bits per heavy atom. The summed E-state index contributed by atoms with van der Waals surface area (Å²) in [7, 11) is 0. The Morgan fingerprint density at radius 1 is 1.21 bits per heavy atom. The lowest BCUT2D eigenvalue weighted by Gasteiger charge is -2.23. The maximum Gasteiger partial charge on any atom is 0.333 e. The van der Waals surface area contributed by atoms with Crippen molar-refractivity contribution < 1.29 is 29.1 Å². The van der Waals surface area contributed by atoms with Crippen molar-refractivity contribution in [2.45, 2.75) is 92.2 Å². The van der Waals surface area contributed by atoms with Crippen molar-refractivity contribution in [2.75, 3.05) is 13.2 Å². The van der Waals surface area contributed by atoms with E-state index in [4.69, 9.17) is 14.6 Å². The van der Waals surface area contributed by atoms with Gasteiger partial charge in [0.25, 0.3) is 0 Å². The molecule has 0 radical (unpaired) electrons. The Labute approximate surface area is 174 Å². The van der Waals surface area contributed by atoms with Crippen LogP contribution in [0, 0.1) is 16.0 Å². The standard InChI is InChI=1S/C14H21NO6.C5H12O.C2H6/c1-3-5-8-21-14(17)11-7-6-10(13(16)20-4-2)9-12(11)15(18)19;1-3-5(6)4-2;1-2/h6,11-12H,3-5,7-9H2,1-2H3;5-6H,3-4H2,1-2H3;1-2H3. The molecular weight excluding hydrogens is 378 g/mol. The van der Waals surface area contributed by atoms with Crippen molar-refractivity contribution in [1.82, 2.24) is 0 Å². The van der Waals surface area contributed by atoms with Crippen LogP contribution < -0.4 is 0 Å². The highest BCUT2D eigenvalue weighted by Crippen LogP contribution is 2.28. The lowest BCUT2D eigenvalue weighted by Crippen LogP contribution is -2.39. The summed E-state index contributed by atoms with van der Waals surface area (Å²) >= 11 is 0. The molecule has 170 valence electrons. The van der Waals surface area contributed by atoms with Gasteiger partial charge in [-0.25, -0.2) is 4.79 Å². The number of rotatable bonds is 9. The van der Waals surface area contributed by atoms with Gasteiger partial charge in [0.1, 0.15) is 5.92 Å². The summed E-state index contributed by atoms with van der Waals surface area (Å²) in [5.41, 5.74) is 0.260. The molecule has 0 aromatic rings. The van der Waals surface area contributed by atoms with E-state index in [2.05, 4.69) is 0 Å². The molecule has 0 amide bonds. The number of hydrogen-bond acceptors (Lipinski definition) is 7. The fraction of sp³-hybridized carbons (Fsp3) is 0.810. The molecule has 0 heterocycles. The molecule has 0 bridgehead atoms. The van der Waals surface area contributed by atoms with Crippen molar-refractivity contribution in [3.63, 3.8) is 0 Å². The van der Waals surface area contributed by atoms with E-state index in [1.54, 1.807) is 13.0 Å². The first-order chi connectivity index (χ1) is 13.8. The first-order valence-corrected chi connectivity index (χ1v) is 10.7. The fourth-order valence-corrected chi connectivity index (χ4v) is 2.46. The minimum absolute atomic E-state index is 0.0648. The number of esters is 2. The van der Waals surface area contributed by atoms with Gasteiger partial charge in [0, 0.05) is 16.9 Å². The van der Waals surface area contributed by atoms with Crippen LogP contribution in [0.3, 0.4) is 0 Å². The van der Waals surface area contributed by atoms with Crippen LogP contribution in [0.2, 0.25) is 0 Å². The van der Waals surface area contributed by atoms with Crippen LogP contribution in [0.4, 0.5) is 0 Å². The maximum absolute atomic E-state index is 11.9. The van der Waals surface area contributed by atoms with Gasteiger partial charge in [0.05, 0.1) is 19.3 Å². The van der Waals surface area contributed by atoms with E-state index < -0.39 is 28.8 Å². The van der Waals surface area contributed by atoms with Crippen molar-refractivity contribution >= 4 is 11.9 Å². The number of nitro groups is 1. The zero-order chi connectivity index (χ0) is 22.8. The molecule has 2 atom stereocenters. The van der Waals surface area contributed by atoms with Crippen LogP contribution in [-0.4, -0.2) is 47.3 Å². The monoisotopic (exact) mass is 417 g/mol. The number of aliphatic hydroxyl groups excluding tert-OH is 1. The number of unbranched alkanes of at least 4 members (excludes halogenated alkanes) is 1. The molecule has 8 nitrogen and oxygen atoms in total. The highest BCUT2D eigenvalue weighted by Gasteiger charge is 2.42. The molecule has 8 heteroatoms. The van der Waals surface area contributed by atoms with Crippen molar-refractivity contribution in [1.29, 1.82) is 0 Å². The Balaban J connectivity index is 0. The highest BCUT2D eigenvalue weighted by molar-refractivity contribution is 5.89. The summed E-state index contributed by atoms with van der Waals surface area (Å²) in [6, 6.07) is -1.14.